The molecule has 0 heterocycles. The zero-order valence-electron chi connectivity index (χ0n) is 15.7. The summed E-state index contributed by atoms with van der Waals surface area (Å²) >= 11 is 0. The van der Waals surface area contributed by atoms with E-state index in [-0.39, 0.29) is 0 Å². The molecule has 0 saturated heterocycles. The molecule has 3 N–H and O–H groups in total. The van der Waals surface area contributed by atoms with Crippen LogP contribution in [-0.2, 0) is 0 Å². The molecule has 23 heavy (non-hydrogen) atoms. The molecule has 2 unspecified atom stereocenters. The molecule has 0 aliphatic heterocycles. The summed E-state index contributed by atoms with van der Waals surface area (Å²) in [5, 5.41) is 13.1. The van der Waals surface area contributed by atoms with E-state index in [1.807, 2.05) is 0 Å². The number of nitroso groups, excluding NO2 is 1. The highest BCUT2D eigenvalue weighted by molar-refractivity contribution is 4.89. The van der Waals surface area contributed by atoms with Gasteiger partial charge in [0.2, 0.25) is 0 Å². The third-order valence-electron chi connectivity index (χ3n) is 4.62. The van der Waals surface area contributed by atoms with Crippen LogP contribution in [0.25, 0.3) is 0 Å². The highest BCUT2D eigenvalue weighted by Gasteiger charge is 2.28. The van der Waals surface area contributed by atoms with Crippen molar-refractivity contribution >= 4 is 0 Å². The van der Waals surface area contributed by atoms with Crippen molar-refractivity contribution in [2.75, 3.05) is 0 Å². The minimum Gasteiger partial charge on any atom is -0.393 e. The van der Waals surface area contributed by atoms with Crippen molar-refractivity contribution in [2.24, 2.45) is 10.9 Å². The van der Waals surface area contributed by atoms with Crippen molar-refractivity contribution in [3.63, 3.8) is 0 Å². The highest BCUT2D eigenvalue weighted by atomic mass is 16.3. The number of hydrogen-bond donors (Lipinski definition) is 2. The first-order valence-corrected chi connectivity index (χ1v) is 9.71. The third kappa shape index (κ3) is 13.6. The highest BCUT2D eigenvalue weighted by Crippen LogP contribution is 2.18. The molecular weight excluding hydrogens is 288 g/mol. The van der Waals surface area contributed by atoms with E-state index in [0.29, 0.717) is 6.42 Å². The largest absolute Gasteiger partial charge is 0.393 e. The van der Waals surface area contributed by atoms with Gasteiger partial charge in [-0.1, -0.05) is 82.7 Å². The van der Waals surface area contributed by atoms with E-state index in [0.717, 1.165) is 19.3 Å². The first kappa shape index (κ1) is 22.5. The van der Waals surface area contributed by atoms with Crippen LogP contribution in [0.3, 0.4) is 0 Å². The molecule has 4 nitrogen and oxygen atoms in total. The van der Waals surface area contributed by atoms with Crippen molar-refractivity contribution in [2.45, 2.75) is 122 Å². The molecule has 0 aliphatic carbocycles. The SMILES string of the molecule is CCCCCCCCCCCCCC(O)CC(N=O)C(C)(C)N. The molecule has 0 rings (SSSR count). The van der Waals surface area contributed by atoms with E-state index >= 15 is 0 Å². The molecule has 0 aromatic heterocycles. The van der Waals surface area contributed by atoms with Crippen LogP contribution in [0.1, 0.15) is 104 Å². The molecule has 0 amide bonds. The summed E-state index contributed by atoms with van der Waals surface area (Å²) < 4.78 is 0. The Hall–Kier alpha value is -0.480. The second-order valence-electron chi connectivity index (χ2n) is 7.66. The molecule has 2 atom stereocenters. The maximum absolute atomic E-state index is 10.8. The first-order chi connectivity index (χ1) is 10.9. The second kappa shape index (κ2) is 13.9. The fraction of sp³-hybridized carbons (Fsp3) is 1.00. The molecular formula is C19H40N2O2. The lowest BCUT2D eigenvalue weighted by atomic mass is 9.90. The Labute approximate surface area is 143 Å². The number of hydrogen-bond acceptors (Lipinski definition) is 4. The zero-order chi connectivity index (χ0) is 17.6. The predicted molar refractivity (Wildman–Crippen MR) is 99.6 cm³/mol. The lowest BCUT2D eigenvalue weighted by Crippen LogP contribution is -2.45. The minimum absolute atomic E-state index is 0.380. The first-order valence-electron chi connectivity index (χ1n) is 9.71. The second-order valence-corrected chi connectivity index (χ2v) is 7.66. The van der Waals surface area contributed by atoms with Crippen molar-refractivity contribution in [1.82, 2.24) is 0 Å². The minimum atomic E-state index is -0.653. The van der Waals surface area contributed by atoms with E-state index < -0.39 is 17.7 Å². The van der Waals surface area contributed by atoms with Crippen molar-refractivity contribution < 1.29 is 5.11 Å². The van der Waals surface area contributed by atoms with Crippen LogP contribution >= 0.6 is 0 Å². The van der Waals surface area contributed by atoms with Crippen LogP contribution in [0, 0.1) is 4.91 Å². The van der Waals surface area contributed by atoms with E-state index in [1.54, 1.807) is 13.8 Å². The number of aliphatic hydroxyl groups is 1. The van der Waals surface area contributed by atoms with Gasteiger partial charge >= 0.3 is 0 Å². The Balaban J connectivity index is 3.45. The number of nitrogens with zero attached hydrogens (tertiary/aromatic N) is 1. The van der Waals surface area contributed by atoms with E-state index in [2.05, 4.69) is 12.1 Å². The van der Waals surface area contributed by atoms with E-state index in [4.69, 9.17) is 5.73 Å². The lowest BCUT2D eigenvalue weighted by Gasteiger charge is -2.26. The fourth-order valence-corrected chi connectivity index (χ4v) is 2.90. The lowest BCUT2D eigenvalue weighted by molar-refractivity contribution is 0.131. The summed E-state index contributed by atoms with van der Waals surface area (Å²) in [7, 11) is 0. The van der Waals surface area contributed by atoms with Crippen LogP contribution in [0.4, 0.5) is 0 Å². The average molecular weight is 329 g/mol. The molecule has 138 valence electrons. The number of unbranched alkanes of at least 4 members (excludes halogenated alkanes) is 10. The van der Waals surface area contributed by atoms with Gasteiger partial charge in [-0.25, -0.2) is 0 Å². The summed E-state index contributed by atoms with van der Waals surface area (Å²) in [6.07, 6.45) is 15.0. The Morgan fingerprint density at radius 2 is 1.35 bits per heavy atom. The summed E-state index contributed by atoms with van der Waals surface area (Å²) in [4.78, 5) is 10.8. The average Bonchev–Trinajstić information content (AvgIpc) is 2.49. The maximum Gasteiger partial charge on any atom is 0.112 e. The molecule has 0 aromatic rings. The number of rotatable bonds is 16. The van der Waals surface area contributed by atoms with Gasteiger partial charge in [-0.2, -0.15) is 4.91 Å². The molecule has 0 aromatic carbocycles. The smallest absolute Gasteiger partial charge is 0.112 e. The van der Waals surface area contributed by atoms with Gasteiger partial charge < -0.3 is 10.8 Å². The van der Waals surface area contributed by atoms with Gasteiger partial charge in [0.1, 0.15) is 6.04 Å². The quantitative estimate of drug-likeness (QED) is 0.298. The van der Waals surface area contributed by atoms with Gasteiger partial charge in [0.25, 0.3) is 0 Å². The Bertz CT molecular complexity index is 277. The van der Waals surface area contributed by atoms with Crippen molar-refractivity contribution in [3.05, 3.63) is 4.91 Å². The van der Waals surface area contributed by atoms with Crippen molar-refractivity contribution in [1.29, 1.82) is 0 Å². The van der Waals surface area contributed by atoms with Gasteiger partial charge in [0.05, 0.1) is 6.10 Å². The summed E-state index contributed by atoms with van der Waals surface area (Å²) in [6, 6.07) is -0.509. The number of aliphatic hydroxyl groups excluding tert-OH is 1. The zero-order valence-corrected chi connectivity index (χ0v) is 15.7. The third-order valence-corrected chi connectivity index (χ3v) is 4.62. The molecule has 0 aliphatic rings. The molecule has 0 saturated carbocycles. The molecule has 0 fully saturated rings. The van der Waals surface area contributed by atoms with Gasteiger partial charge in [-0.3, -0.25) is 0 Å². The monoisotopic (exact) mass is 328 g/mol. The fourth-order valence-electron chi connectivity index (χ4n) is 2.90. The Morgan fingerprint density at radius 3 is 1.74 bits per heavy atom. The van der Waals surface area contributed by atoms with E-state index in [9.17, 15) is 10.0 Å². The summed E-state index contributed by atoms with van der Waals surface area (Å²) in [5.41, 5.74) is 5.24. The van der Waals surface area contributed by atoms with E-state index in [1.165, 1.54) is 57.8 Å². The van der Waals surface area contributed by atoms with Crippen LogP contribution in [-0.4, -0.2) is 22.8 Å². The summed E-state index contributed by atoms with van der Waals surface area (Å²) in [6.45, 7) is 5.82. The van der Waals surface area contributed by atoms with Crippen molar-refractivity contribution in [3.8, 4) is 0 Å². The Kier molecular flexibility index (Phi) is 13.6. The predicted octanol–water partition coefficient (Wildman–Crippen LogP) is 5.31. The maximum atomic E-state index is 10.8. The molecule has 4 heteroatoms. The topological polar surface area (TPSA) is 75.7 Å². The summed E-state index contributed by atoms with van der Waals surface area (Å²) in [5.74, 6) is 0. The standard InChI is InChI=1S/C19H40N2O2/c1-4-5-6-7-8-9-10-11-12-13-14-15-17(22)16-18(21-23)19(2,3)20/h17-18,22H,4-16,20H2,1-3H3. The van der Waals surface area contributed by atoms with Gasteiger partial charge in [0.15, 0.2) is 0 Å². The van der Waals surface area contributed by atoms with Gasteiger partial charge in [0, 0.05) is 12.0 Å². The number of nitrogens with two attached hydrogens (primary N) is 1. The van der Waals surface area contributed by atoms with Crippen LogP contribution in [0.15, 0.2) is 5.18 Å². The van der Waals surface area contributed by atoms with Gasteiger partial charge in [-0.05, 0) is 20.3 Å². The molecule has 0 bridgehead atoms. The van der Waals surface area contributed by atoms with Gasteiger partial charge in [-0.15, -0.1) is 0 Å². The normalized spacial score (nSPS) is 14.7. The Morgan fingerprint density at radius 1 is 0.913 bits per heavy atom. The van der Waals surface area contributed by atoms with Crippen LogP contribution in [0.5, 0.6) is 0 Å². The van der Waals surface area contributed by atoms with Crippen LogP contribution < -0.4 is 5.73 Å². The molecule has 0 spiro atoms. The molecule has 0 radical (unpaired) electrons. The van der Waals surface area contributed by atoms with Crippen LogP contribution in [0.2, 0.25) is 0 Å².